The lowest BCUT2D eigenvalue weighted by Gasteiger charge is -2.21. The number of fused-ring (bicyclic) bond motifs is 2. The third kappa shape index (κ3) is 1.65. The van der Waals surface area contributed by atoms with Crippen LogP contribution in [0.4, 0.5) is 5.82 Å². The molecule has 0 saturated carbocycles. The molecule has 0 radical (unpaired) electrons. The third-order valence-electron chi connectivity index (χ3n) is 3.14. The van der Waals surface area contributed by atoms with Crippen molar-refractivity contribution in [1.29, 1.82) is 0 Å². The van der Waals surface area contributed by atoms with E-state index in [2.05, 4.69) is 46.0 Å². The lowest BCUT2D eigenvalue weighted by molar-refractivity contribution is -0.676. The summed E-state index contributed by atoms with van der Waals surface area (Å²) in [4.78, 5) is 11.2. The monoisotopic (exact) mass is 227 g/mol. The highest BCUT2D eigenvalue weighted by atomic mass is 15.2. The second kappa shape index (κ2) is 3.52. The van der Waals surface area contributed by atoms with Gasteiger partial charge in [0, 0.05) is 19.3 Å². The van der Waals surface area contributed by atoms with Crippen LogP contribution in [-0.2, 0) is 6.54 Å². The second-order valence-corrected chi connectivity index (χ2v) is 4.55. The van der Waals surface area contributed by atoms with E-state index in [4.69, 9.17) is 0 Å². The Balaban J connectivity index is 2.13. The van der Waals surface area contributed by atoms with E-state index in [1.54, 1.807) is 0 Å². The summed E-state index contributed by atoms with van der Waals surface area (Å²) in [5.74, 6) is 2.82. The Labute approximate surface area is 101 Å². The predicted octanol–water partition coefficient (Wildman–Crippen LogP) is 1.57. The highest BCUT2D eigenvalue weighted by Crippen LogP contribution is 2.20. The summed E-state index contributed by atoms with van der Waals surface area (Å²) in [6.45, 7) is 4.92. The number of nitrogens with zero attached hydrogens (tertiary/aromatic N) is 4. The number of aliphatic imine (C=N–C) groups is 2. The van der Waals surface area contributed by atoms with Crippen molar-refractivity contribution >= 4 is 17.5 Å². The van der Waals surface area contributed by atoms with Crippen LogP contribution in [0, 0.1) is 6.92 Å². The maximum atomic E-state index is 4.61. The molecule has 3 heterocycles. The summed E-state index contributed by atoms with van der Waals surface area (Å²) in [5, 5.41) is 0. The smallest absolute Gasteiger partial charge is 0.326 e. The van der Waals surface area contributed by atoms with Gasteiger partial charge in [0.1, 0.15) is 12.4 Å². The van der Waals surface area contributed by atoms with Gasteiger partial charge in [0.05, 0.1) is 11.8 Å². The molecule has 0 atom stereocenters. The first-order chi connectivity index (χ1) is 8.13. The Hall–Kier alpha value is -1.97. The van der Waals surface area contributed by atoms with E-state index in [9.17, 15) is 0 Å². The number of hydrogen-bond acceptors (Lipinski definition) is 3. The van der Waals surface area contributed by atoms with Gasteiger partial charge in [-0.1, -0.05) is 0 Å². The average Bonchev–Trinajstić information content (AvgIpc) is 2.28. The Bertz CT molecular complexity index is 581. The standard InChI is InChI=1S/C13H15N4/c1-9-4-5-17-8-11-7-16(3)10(2)14-13(11)15-12(17)6-9/h4-7H,8H2,1-3H3/q+1. The maximum absolute atomic E-state index is 4.61. The molecule has 0 N–H and O–H groups in total. The van der Waals surface area contributed by atoms with Gasteiger partial charge in [-0.2, -0.15) is 4.99 Å². The molecule has 1 aromatic heterocycles. The van der Waals surface area contributed by atoms with Gasteiger partial charge in [-0.15, -0.1) is 0 Å². The van der Waals surface area contributed by atoms with Crippen LogP contribution in [0.15, 0.2) is 40.1 Å². The minimum atomic E-state index is 0.843. The number of rotatable bonds is 0. The Morgan fingerprint density at radius 2 is 2.12 bits per heavy atom. The van der Waals surface area contributed by atoms with Gasteiger partial charge in [-0.25, -0.2) is 4.57 Å². The van der Waals surface area contributed by atoms with Crippen molar-refractivity contribution in [1.82, 2.24) is 4.90 Å². The molecule has 0 spiro atoms. The molecule has 1 aromatic rings. The summed E-state index contributed by atoms with van der Waals surface area (Å²) in [6, 6.07) is 4.19. The molecule has 2 aliphatic heterocycles. The van der Waals surface area contributed by atoms with Crippen molar-refractivity contribution in [2.24, 2.45) is 9.98 Å². The Morgan fingerprint density at radius 3 is 2.94 bits per heavy atom. The summed E-state index contributed by atoms with van der Waals surface area (Å²) in [5.41, 5.74) is 2.39. The minimum absolute atomic E-state index is 0.843. The summed E-state index contributed by atoms with van der Waals surface area (Å²) in [7, 11) is 2.01. The fraction of sp³-hybridized carbons (Fsp3) is 0.308. The SMILES string of the molecule is CC1=NC2=Nc3cc(C)cc[n+]3CC2=CN1C. The van der Waals surface area contributed by atoms with E-state index in [-0.39, 0.29) is 0 Å². The van der Waals surface area contributed by atoms with Gasteiger partial charge in [-0.05, 0) is 30.5 Å². The predicted molar refractivity (Wildman–Crippen MR) is 67.4 cm³/mol. The molecule has 2 aliphatic rings. The quantitative estimate of drug-likeness (QED) is 0.619. The van der Waals surface area contributed by atoms with Gasteiger partial charge in [-0.3, -0.25) is 0 Å². The number of aromatic nitrogens is 1. The first-order valence-electron chi connectivity index (χ1n) is 5.71. The third-order valence-corrected chi connectivity index (χ3v) is 3.14. The first kappa shape index (κ1) is 10.2. The molecule has 0 unspecified atom stereocenters. The normalized spacial score (nSPS) is 17.8. The second-order valence-electron chi connectivity index (χ2n) is 4.55. The van der Waals surface area contributed by atoms with Gasteiger partial charge < -0.3 is 4.90 Å². The molecule has 0 aliphatic carbocycles. The van der Waals surface area contributed by atoms with Crippen LogP contribution >= 0.6 is 0 Å². The van der Waals surface area contributed by atoms with Gasteiger partial charge >= 0.3 is 5.82 Å². The van der Waals surface area contributed by atoms with Crippen LogP contribution in [0.1, 0.15) is 12.5 Å². The molecular formula is C13H15N4+. The number of hydrogen-bond donors (Lipinski definition) is 0. The summed E-state index contributed by atoms with van der Waals surface area (Å²) < 4.78 is 2.15. The van der Waals surface area contributed by atoms with Crippen molar-refractivity contribution in [3.63, 3.8) is 0 Å². The summed E-state index contributed by atoms with van der Waals surface area (Å²) >= 11 is 0. The number of aryl methyl sites for hydroxylation is 1. The lowest BCUT2D eigenvalue weighted by Crippen LogP contribution is -2.41. The van der Waals surface area contributed by atoms with Crippen molar-refractivity contribution in [2.45, 2.75) is 20.4 Å². The van der Waals surface area contributed by atoms with Crippen molar-refractivity contribution in [2.75, 3.05) is 7.05 Å². The summed E-state index contributed by atoms with van der Waals surface area (Å²) in [6.07, 6.45) is 4.19. The topological polar surface area (TPSA) is 31.8 Å². The molecule has 0 bridgehead atoms. The molecule has 0 saturated heterocycles. The van der Waals surface area contributed by atoms with E-state index >= 15 is 0 Å². The fourth-order valence-corrected chi connectivity index (χ4v) is 2.04. The zero-order valence-corrected chi connectivity index (χ0v) is 10.3. The number of pyridine rings is 1. The molecule has 0 aromatic carbocycles. The van der Waals surface area contributed by atoms with Gasteiger partial charge in [0.15, 0.2) is 0 Å². The van der Waals surface area contributed by atoms with Crippen molar-refractivity contribution in [3.8, 4) is 0 Å². The van der Waals surface area contributed by atoms with Crippen LogP contribution < -0.4 is 4.57 Å². The van der Waals surface area contributed by atoms with Crippen molar-refractivity contribution in [3.05, 3.63) is 35.7 Å². The average molecular weight is 227 g/mol. The molecule has 4 nitrogen and oxygen atoms in total. The van der Waals surface area contributed by atoms with Gasteiger partial charge in [0.2, 0.25) is 0 Å². The van der Waals surface area contributed by atoms with Gasteiger partial charge in [0.25, 0.3) is 5.84 Å². The fourth-order valence-electron chi connectivity index (χ4n) is 2.04. The highest BCUT2D eigenvalue weighted by Gasteiger charge is 2.28. The molecular weight excluding hydrogens is 212 g/mol. The maximum Gasteiger partial charge on any atom is 0.326 e. The molecule has 3 rings (SSSR count). The zero-order valence-electron chi connectivity index (χ0n) is 10.3. The Kier molecular flexibility index (Phi) is 2.11. The highest BCUT2D eigenvalue weighted by molar-refractivity contribution is 6.09. The zero-order chi connectivity index (χ0) is 12.0. The van der Waals surface area contributed by atoms with E-state index in [0.717, 1.165) is 24.0 Å². The molecule has 86 valence electrons. The molecule has 17 heavy (non-hydrogen) atoms. The van der Waals surface area contributed by atoms with Crippen molar-refractivity contribution < 1.29 is 4.57 Å². The van der Waals surface area contributed by atoms with Crippen LogP contribution in [-0.4, -0.2) is 23.6 Å². The van der Waals surface area contributed by atoms with E-state index in [1.165, 1.54) is 11.1 Å². The first-order valence-corrected chi connectivity index (χ1v) is 5.71. The molecule has 0 amide bonds. The largest absolute Gasteiger partial charge is 0.339 e. The number of amidine groups is 2. The molecule has 0 fully saturated rings. The minimum Gasteiger partial charge on any atom is -0.339 e. The molecule has 4 heteroatoms. The van der Waals surface area contributed by atoms with Crippen LogP contribution in [0.25, 0.3) is 0 Å². The van der Waals surface area contributed by atoms with E-state index in [1.807, 2.05) is 18.9 Å². The Morgan fingerprint density at radius 1 is 1.29 bits per heavy atom. The van der Waals surface area contributed by atoms with E-state index in [0.29, 0.717) is 0 Å². The lowest BCUT2D eigenvalue weighted by atomic mass is 10.1. The van der Waals surface area contributed by atoms with Crippen LogP contribution in [0.2, 0.25) is 0 Å². The van der Waals surface area contributed by atoms with Crippen LogP contribution in [0.5, 0.6) is 0 Å². The van der Waals surface area contributed by atoms with Crippen LogP contribution in [0.3, 0.4) is 0 Å². The van der Waals surface area contributed by atoms with E-state index < -0.39 is 0 Å².